The van der Waals surface area contributed by atoms with Gasteiger partial charge < -0.3 is 5.32 Å². The van der Waals surface area contributed by atoms with E-state index in [-0.39, 0.29) is 11.9 Å². The van der Waals surface area contributed by atoms with Crippen LogP contribution in [0.2, 0.25) is 0 Å². The highest BCUT2D eigenvalue weighted by atomic mass is 79.9. The molecule has 1 aromatic carbocycles. The Hall–Kier alpha value is -0.0600. The third-order valence-corrected chi connectivity index (χ3v) is 4.18. The third kappa shape index (κ3) is 4.98. The van der Waals surface area contributed by atoms with Crippen LogP contribution >= 0.6 is 27.7 Å². The molecule has 1 N–H and O–H groups in total. The molecule has 0 aliphatic heterocycles. The van der Waals surface area contributed by atoms with Crippen LogP contribution in [0.3, 0.4) is 0 Å². The summed E-state index contributed by atoms with van der Waals surface area (Å²) in [6, 6.07) is 5.42. The minimum atomic E-state index is -0.211. The van der Waals surface area contributed by atoms with Crippen LogP contribution in [0.25, 0.3) is 0 Å². The SMILES string of the molecule is CSCC(C)CNC(C)c1ccc(F)c(Br)c1. The number of benzene rings is 1. The Morgan fingerprint density at radius 3 is 2.71 bits per heavy atom. The zero-order valence-corrected chi connectivity index (χ0v) is 12.9. The highest BCUT2D eigenvalue weighted by molar-refractivity contribution is 9.10. The first-order valence-electron chi connectivity index (χ1n) is 5.72. The van der Waals surface area contributed by atoms with Gasteiger partial charge >= 0.3 is 0 Å². The van der Waals surface area contributed by atoms with Gasteiger partial charge in [-0.05, 0) is 65.0 Å². The fraction of sp³-hybridized carbons (Fsp3) is 0.538. The van der Waals surface area contributed by atoms with Gasteiger partial charge in [-0.2, -0.15) is 11.8 Å². The zero-order valence-electron chi connectivity index (χ0n) is 10.5. The van der Waals surface area contributed by atoms with Crippen LogP contribution in [0.15, 0.2) is 22.7 Å². The largest absolute Gasteiger partial charge is 0.310 e. The summed E-state index contributed by atoms with van der Waals surface area (Å²) in [5.41, 5.74) is 1.11. The lowest BCUT2D eigenvalue weighted by Gasteiger charge is -2.18. The van der Waals surface area contributed by atoms with E-state index in [1.54, 1.807) is 0 Å². The summed E-state index contributed by atoms with van der Waals surface area (Å²) in [5.74, 6) is 1.60. The molecule has 0 amide bonds. The number of hydrogen-bond donors (Lipinski definition) is 1. The van der Waals surface area contributed by atoms with Crippen molar-refractivity contribution >= 4 is 27.7 Å². The first-order valence-corrected chi connectivity index (χ1v) is 7.90. The Morgan fingerprint density at radius 2 is 2.12 bits per heavy atom. The molecule has 0 aliphatic carbocycles. The summed E-state index contributed by atoms with van der Waals surface area (Å²) in [7, 11) is 0. The molecule has 4 heteroatoms. The molecule has 1 nitrogen and oxygen atoms in total. The van der Waals surface area contributed by atoms with Gasteiger partial charge in [0.25, 0.3) is 0 Å². The lowest BCUT2D eigenvalue weighted by atomic mass is 10.1. The molecule has 96 valence electrons. The molecule has 0 saturated heterocycles. The molecule has 1 rings (SSSR count). The van der Waals surface area contributed by atoms with Gasteiger partial charge in [0.05, 0.1) is 4.47 Å². The van der Waals surface area contributed by atoms with Crippen molar-refractivity contribution in [1.82, 2.24) is 5.32 Å². The summed E-state index contributed by atoms with van der Waals surface area (Å²) in [6.07, 6.45) is 2.12. The fourth-order valence-electron chi connectivity index (χ4n) is 1.62. The van der Waals surface area contributed by atoms with Gasteiger partial charge in [0.1, 0.15) is 5.82 Å². The highest BCUT2D eigenvalue weighted by Gasteiger charge is 2.09. The van der Waals surface area contributed by atoms with Crippen molar-refractivity contribution in [3.05, 3.63) is 34.1 Å². The van der Waals surface area contributed by atoms with Gasteiger partial charge in [-0.3, -0.25) is 0 Å². The molecule has 0 fully saturated rings. The van der Waals surface area contributed by atoms with Gasteiger partial charge in [-0.1, -0.05) is 13.0 Å². The third-order valence-electron chi connectivity index (χ3n) is 2.67. The van der Waals surface area contributed by atoms with Crippen LogP contribution in [-0.2, 0) is 0 Å². The van der Waals surface area contributed by atoms with E-state index in [1.807, 2.05) is 23.9 Å². The van der Waals surface area contributed by atoms with Crippen LogP contribution in [0.1, 0.15) is 25.5 Å². The van der Waals surface area contributed by atoms with Crippen molar-refractivity contribution in [2.24, 2.45) is 5.92 Å². The first-order chi connectivity index (χ1) is 8.04. The summed E-state index contributed by atoms with van der Waals surface area (Å²) in [6.45, 7) is 5.32. The molecule has 0 heterocycles. The van der Waals surface area contributed by atoms with Crippen molar-refractivity contribution in [2.75, 3.05) is 18.6 Å². The maximum absolute atomic E-state index is 13.1. The van der Waals surface area contributed by atoms with Gasteiger partial charge in [-0.15, -0.1) is 0 Å². The zero-order chi connectivity index (χ0) is 12.8. The lowest BCUT2D eigenvalue weighted by Crippen LogP contribution is -2.25. The number of nitrogens with one attached hydrogen (secondary N) is 1. The number of hydrogen-bond acceptors (Lipinski definition) is 2. The molecule has 0 bridgehead atoms. The molecule has 0 radical (unpaired) electrons. The Bertz CT molecular complexity index is 359. The first kappa shape index (κ1) is 15.0. The summed E-state index contributed by atoms with van der Waals surface area (Å²) < 4.78 is 13.6. The second-order valence-electron chi connectivity index (χ2n) is 4.36. The minimum Gasteiger partial charge on any atom is -0.310 e. The van der Waals surface area contributed by atoms with Gasteiger partial charge in [0.15, 0.2) is 0 Å². The lowest BCUT2D eigenvalue weighted by molar-refractivity contribution is 0.500. The molecular formula is C13H19BrFNS. The molecule has 2 unspecified atom stereocenters. The second kappa shape index (κ2) is 7.39. The van der Waals surface area contributed by atoms with Crippen molar-refractivity contribution in [1.29, 1.82) is 0 Å². The molecule has 2 atom stereocenters. The highest BCUT2D eigenvalue weighted by Crippen LogP contribution is 2.21. The van der Waals surface area contributed by atoms with Gasteiger partial charge in [-0.25, -0.2) is 4.39 Å². The van der Waals surface area contributed by atoms with E-state index in [2.05, 4.69) is 41.3 Å². The van der Waals surface area contributed by atoms with E-state index in [9.17, 15) is 4.39 Å². The van der Waals surface area contributed by atoms with Crippen LogP contribution in [0, 0.1) is 11.7 Å². The minimum absolute atomic E-state index is 0.211. The number of rotatable bonds is 6. The summed E-state index contributed by atoms with van der Waals surface area (Å²) >= 11 is 5.08. The van der Waals surface area contributed by atoms with Crippen LogP contribution < -0.4 is 5.32 Å². The van der Waals surface area contributed by atoms with Gasteiger partial charge in [0, 0.05) is 6.04 Å². The smallest absolute Gasteiger partial charge is 0.137 e. The molecule has 0 aromatic heterocycles. The molecule has 0 saturated carbocycles. The normalized spacial score (nSPS) is 14.6. The maximum atomic E-state index is 13.1. The molecule has 17 heavy (non-hydrogen) atoms. The van der Waals surface area contributed by atoms with E-state index >= 15 is 0 Å². The molecule has 0 spiro atoms. The van der Waals surface area contributed by atoms with Crippen molar-refractivity contribution < 1.29 is 4.39 Å². The average Bonchev–Trinajstić information content (AvgIpc) is 2.30. The predicted molar refractivity (Wildman–Crippen MR) is 78.1 cm³/mol. The summed E-state index contributed by atoms with van der Waals surface area (Å²) in [4.78, 5) is 0. The van der Waals surface area contributed by atoms with E-state index in [1.165, 1.54) is 6.07 Å². The predicted octanol–water partition coefficient (Wildman–Crippen LogP) is 4.24. The Balaban J connectivity index is 2.52. The van der Waals surface area contributed by atoms with E-state index < -0.39 is 0 Å². The van der Waals surface area contributed by atoms with Crippen molar-refractivity contribution in [3.63, 3.8) is 0 Å². The number of thioether (sulfide) groups is 1. The molecule has 0 aliphatic rings. The Morgan fingerprint density at radius 1 is 1.41 bits per heavy atom. The Labute approximate surface area is 116 Å². The molecular weight excluding hydrogens is 301 g/mol. The van der Waals surface area contributed by atoms with Crippen molar-refractivity contribution in [3.8, 4) is 0 Å². The maximum Gasteiger partial charge on any atom is 0.137 e. The van der Waals surface area contributed by atoms with Crippen LogP contribution in [-0.4, -0.2) is 18.6 Å². The van der Waals surface area contributed by atoms with Gasteiger partial charge in [0.2, 0.25) is 0 Å². The van der Waals surface area contributed by atoms with E-state index in [0.29, 0.717) is 10.4 Å². The topological polar surface area (TPSA) is 12.0 Å². The summed E-state index contributed by atoms with van der Waals surface area (Å²) in [5, 5.41) is 3.47. The number of halogens is 2. The van der Waals surface area contributed by atoms with E-state index in [4.69, 9.17) is 0 Å². The van der Waals surface area contributed by atoms with Crippen LogP contribution in [0.4, 0.5) is 4.39 Å². The average molecular weight is 320 g/mol. The Kier molecular flexibility index (Phi) is 6.52. The monoisotopic (exact) mass is 319 g/mol. The van der Waals surface area contributed by atoms with E-state index in [0.717, 1.165) is 17.9 Å². The second-order valence-corrected chi connectivity index (χ2v) is 6.13. The van der Waals surface area contributed by atoms with Crippen LogP contribution in [0.5, 0.6) is 0 Å². The fourth-order valence-corrected chi connectivity index (χ4v) is 2.70. The quantitative estimate of drug-likeness (QED) is 0.841. The van der Waals surface area contributed by atoms with Crippen molar-refractivity contribution in [2.45, 2.75) is 19.9 Å². The molecule has 1 aromatic rings. The standard InChI is InChI=1S/C13H19BrFNS/c1-9(8-17-3)7-16-10(2)11-4-5-13(15)12(14)6-11/h4-6,9-10,16H,7-8H2,1-3H3.